The van der Waals surface area contributed by atoms with Gasteiger partial charge in [-0.05, 0) is 6.92 Å². The van der Waals surface area contributed by atoms with E-state index < -0.39 is 0 Å². The van der Waals surface area contributed by atoms with Crippen LogP contribution in [0.2, 0.25) is 0 Å². The first-order valence-electron chi connectivity index (χ1n) is 4.49. The van der Waals surface area contributed by atoms with Crippen LogP contribution in [0.25, 0.3) is 0 Å². The first-order valence-corrected chi connectivity index (χ1v) is 4.49. The molecule has 1 heterocycles. The molecule has 0 radical (unpaired) electrons. The molecule has 1 unspecified atom stereocenters. The maximum atomic E-state index is 9.26. The third-order valence-electron chi connectivity index (χ3n) is 2.47. The van der Waals surface area contributed by atoms with Crippen molar-refractivity contribution in [3.8, 4) is 0 Å². The summed E-state index contributed by atoms with van der Waals surface area (Å²) in [7, 11) is 0. The fourth-order valence-corrected chi connectivity index (χ4v) is 1.33. The summed E-state index contributed by atoms with van der Waals surface area (Å²) in [5, 5.41) is 9.26. The third kappa shape index (κ3) is 1.73. The van der Waals surface area contributed by atoms with E-state index in [0.717, 1.165) is 12.2 Å². The van der Waals surface area contributed by atoms with Gasteiger partial charge in [0.1, 0.15) is 0 Å². The van der Waals surface area contributed by atoms with Gasteiger partial charge in [-0.15, -0.1) is 0 Å². The SMILES string of the molecule is CCn1cncc1C(C)(CN)CO. The molecule has 0 aliphatic rings. The fraction of sp³-hybridized carbons (Fsp3) is 0.667. The van der Waals surface area contributed by atoms with Crippen LogP contribution in [0.15, 0.2) is 12.5 Å². The Kier molecular flexibility index (Phi) is 3.06. The van der Waals surface area contributed by atoms with Gasteiger partial charge >= 0.3 is 0 Å². The molecule has 0 aromatic carbocycles. The number of imidazole rings is 1. The van der Waals surface area contributed by atoms with Crippen LogP contribution in [0.4, 0.5) is 0 Å². The van der Waals surface area contributed by atoms with E-state index in [1.807, 2.05) is 18.4 Å². The van der Waals surface area contributed by atoms with Gasteiger partial charge in [-0.2, -0.15) is 0 Å². The monoisotopic (exact) mass is 183 g/mol. The zero-order valence-corrected chi connectivity index (χ0v) is 8.20. The number of hydrogen-bond acceptors (Lipinski definition) is 3. The highest BCUT2D eigenvalue weighted by Gasteiger charge is 2.27. The van der Waals surface area contributed by atoms with E-state index >= 15 is 0 Å². The molecule has 0 saturated carbocycles. The van der Waals surface area contributed by atoms with Crippen LogP contribution in [0.5, 0.6) is 0 Å². The molecule has 0 bridgehead atoms. The molecule has 1 aromatic heterocycles. The molecule has 4 nitrogen and oxygen atoms in total. The van der Waals surface area contributed by atoms with E-state index in [1.165, 1.54) is 0 Å². The van der Waals surface area contributed by atoms with Gasteiger partial charge in [-0.3, -0.25) is 0 Å². The lowest BCUT2D eigenvalue weighted by Crippen LogP contribution is -2.37. The fourth-order valence-electron chi connectivity index (χ4n) is 1.33. The van der Waals surface area contributed by atoms with Gasteiger partial charge in [-0.25, -0.2) is 4.98 Å². The molecule has 0 aliphatic heterocycles. The Morgan fingerprint density at radius 1 is 1.69 bits per heavy atom. The summed E-state index contributed by atoms with van der Waals surface area (Å²) in [5.41, 5.74) is 6.26. The first kappa shape index (κ1) is 10.2. The van der Waals surface area contributed by atoms with Crippen LogP contribution in [0.1, 0.15) is 19.5 Å². The number of aliphatic hydroxyl groups excluding tert-OH is 1. The maximum Gasteiger partial charge on any atom is 0.0948 e. The van der Waals surface area contributed by atoms with Crippen LogP contribution in [0.3, 0.4) is 0 Å². The lowest BCUT2D eigenvalue weighted by molar-refractivity contribution is 0.203. The van der Waals surface area contributed by atoms with Gasteiger partial charge in [0.05, 0.1) is 12.9 Å². The van der Waals surface area contributed by atoms with Crippen molar-refractivity contribution in [2.24, 2.45) is 5.73 Å². The van der Waals surface area contributed by atoms with Crippen molar-refractivity contribution >= 4 is 0 Å². The summed E-state index contributed by atoms with van der Waals surface area (Å²) >= 11 is 0. The Morgan fingerprint density at radius 3 is 2.85 bits per heavy atom. The highest BCUT2D eigenvalue weighted by atomic mass is 16.3. The lowest BCUT2D eigenvalue weighted by atomic mass is 9.88. The molecule has 0 spiro atoms. The molecule has 1 atom stereocenters. The number of rotatable bonds is 4. The molecule has 4 heteroatoms. The van der Waals surface area contributed by atoms with Crippen molar-refractivity contribution < 1.29 is 5.11 Å². The van der Waals surface area contributed by atoms with E-state index in [-0.39, 0.29) is 12.0 Å². The van der Waals surface area contributed by atoms with Gasteiger partial charge in [0.2, 0.25) is 0 Å². The van der Waals surface area contributed by atoms with Gasteiger partial charge < -0.3 is 15.4 Å². The highest BCUT2D eigenvalue weighted by Crippen LogP contribution is 2.21. The molecule has 0 saturated heterocycles. The Morgan fingerprint density at radius 2 is 2.38 bits per heavy atom. The largest absolute Gasteiger partial charge is 0.395 e. The van der Waals surface area contributed by atoms with Gasteiger partial charge in [0, 0.05) is 30.4 Å². The Balaban J connectivity index is 3.03. The molecule has 0 amide bonds. The number of aliphatic hydroxyl groups is 1. The molecule has 1 aromatic rings. The Bertz CT molecular complexity index is 266. The highest BCUT2D eigenvalue weighted by molar-refractivity contribution is 5.14. The molecule has 13 heavy (non-hydrogen) atoms. The minimum atomic E-state index is -0.369. The van der Waals surface area contributed by atoms with Crippen LogP contribution in [0, 0.1) is 0 Å². The van der Waals surface area contributed by atoms with Crippen molar-refractivity contribution in [1.82, 2.24) is 9.55 Å². The van der Waals surface area contributed by atoms with E-state index in [1.54, 1.807) is 12.5 Å². The van der Waals surface area contributed by atoms with E-state index in [2.05, 4.69) is 4.98 Å². The van der Waals surface area contributed by atoms with Gasteiger partial charge in [0.15, 0.2) is 0 Å². The molecule has 1 rings (SSSR count). The first-order chi connectivity index (χ1) is 6.18. The van der Waals surface area contributed by atoms with Crippen LogP contribution in [-0.4, -0.2) is 27.8 Å². The van der Waals surface area contributed by atoms with Gasteiger partial charge in [-0.1, -0.05) is 6.92 Å². The normalized spacial score (nSPS) is 15.7. The second-order valence-electron chi connectivity index (χ2n) is 3.49. The predicted octanol–water partition coefficient (Wildman–Crippen LogP) is 0.112. The Labute approximate surface area is 78.4 Å². The number of aromatic nitrogens is 2. The molecule has 0 fully saturated rings. The van der Waals surface area contributed by atoms with Crippen molar-refractivity contribution in [1.29, 1.82) is 0 Å². The molecule has 74 valence electrons. The quantitative estimate of drug-likeness (QED) is 0.696. The summed E-state index contributed by atoms with van der Waals surface area (Å²) in [5.74, 6) is 0. The third-order valence-corrected chi connectivity index (χ3v) is 2.47. The smallest absolute Gasteiger partial charge is 0.0948 e. The van der Waals surface area contributed by atoms with Crippen molar-refractivity contribution in [2.75, 3.05) is 13.2 Å². The van der Waals surface area contributed by atoms with Crippen molar-refractivity contribution in [2.45, 2.75) is 25.8 Å². The van der Waals surface area contributed by atoms with E-state index in [4.69, 9.17) is 5.73 Å². The molecule has 3 N–H and O–H groups in total. The average molecular weight is 183 g/mol. The zero-order valence-electron chi connectivity index (χ0n) is 8.20. The summed E-state index contributed by atoms with van der Waals surface area (Å²) in [4.78, 5) is 4.05. The van der Waals surface area contributed by atoms with E-state index in [9.17, 15) is 5.11 Å². The number of nitrogens with two attached hydrogens (primary N) is 1. The van der Waals surface area contributed by atoms with Gasteiger partial charge in [0.25, 0.3) is 0 Å². The molecular weight excluding hydrogens is 166 g/mol. The van der Waals surface area contributed by atoms with Crippen LogP contribution in [-0.2, 0) is 12.0 Å². The predicted molar refractivity (Wildman–Crippen MR) is 51.4 cm³/mol. The summed E-state index contributed by atoms with van der Waals surface area (Å²) in [6.45, 7) is 5.31. The van der Waals surface area contributed by atoms with Crippen LogP contribution >= 0.6 is 0 Å². The van der Waals surface area contributed by atoms with Crippen molar-refractivity contribution in [3.63, 3.8) is 0 Å². The second kappa shape index (κ2) is 3.89. The van der Waals surface area contributed by atoms with Crippen LogP contribution < -0.4 is 5.73 Å². The summed E-state index contributed by atoms with van der Waals surface area (Å²) in [6, 6.07) is 0. The van der Waals surface area contributed by atoms with Crippen molar-refractivity contribution in [3.05, 3.63) is 18.2 Å². The standard InChI is InChI=1S/C9H17N3O/c1-3-12-7-11-4-8(12)9(2,5-10)6-13/h4,7,13H,3,5-6,10H2,1-2H3. The molecular formula is C9H17N3O. The number of aryl methyl sites for hydroxylation is 1. The summed E-state index contributed by atoms with van der Waals surface area (Å²) in [6.07, 6.45) is 3.53. The number of nitrogens with zero attached hydrogens (tertiary/aromatic N) is 2. The second-order valence-corrected chi connectivity index (χ2v) is 3.49. The Hall–Kier alpha value is -0.870. The molecule has 0 aliphatic carbocycles. The zero-order chi connectivity index (χ0) is 9.90. The number of hydrogen-bond donors (Lipinski definition) is 2. The lowest BCUT2D eigenvalue weighted by Gasteiger charge is -2.26. The average Bonchev–Trinajstić information content (AvgIpc) is 2.65. The minimum Gasteiger partial charge on any atom is -0.395 e. The summed E-state index contributed by atoms with van der Waals surface area (Å²) < 4.78 is 2.00. The maximum absolute atomic E-state index is 9.26. The van der Waals surface area contributed by atoms with E-state index in [0.29, 0.717) is 6.54 Å². The topological polar surface area (TPSA) is 64.1 Å². The minimum absolute atomic E-state index is 0.0508.